The first-order valence-electron chi connectivity index (χ1n) is 6.74. The molecule has 0 bridgehead atoms. The summed E-state index contributed by atoms with van der Waals surface area (Å²) in [6.07, 6.45) is 2.30. The van der Waals surface area contributed by atoms with Crippen LogP contribution >= 0.6 is 11.3 Å². The summed E-state index contributed by atoms with van der Waals surface area (Å²) in [4.78, 5) is 2.55. The van der Waals surface area contributed by atoms with E-state index in [1.54, 1.807) is 18.4 Å². The molecular weight excluding hydrogens is 254 g/mol. The topological polar surface area (TPSA) is 12.5 Å². The number of ether oxygens (including phenoxy) is 1. The maximum Gasteiger partial charge on any atom is 0.119 e. The van der Waals surface area contributed by atoms with Crippen LogP contribution in [0.1, 0.15) is 16.7 Å². The molecule has 100 valence electrons. The first-order chi connectivity index (χ1) is 9.35. The zero-order valence-electron chi connectivity index (χ0n) is 11.3. The largest absolute Gasteiger partial charge is 0.497 e. The van der Waals surface area contributed by atoms with Gasteiger partial charge in [-0.05, 0) is 58.5 Å². The molecule has 0 aliphatic carbocycles. The number of rotatable bonds is 4. The normalized spacial score (nSPS) is 15.2. The number of hydrogen-bond donors (Lipinski definition) is 0. The molecule has 0 radical (unpaired) electrons. The summed E-state index contributed by atoms with van der Waals surface area (Å²) in [6.45, 7) is 3.38. The fourth-order valence-corrected chi connectivity index (χ4v) is 3.33. The van der Waals surface area contributed by atoms with Crippen LogP contribution in [-0.2, 0) is 19.4 Å². The lowest BCUT2D eigenvalue weighted by molar-refractivity contribution is 0.257. The monoisotopic (exact) mass is 273 g/mol. The van der Waals surface area contributed by atoms with Crippen LogP contribution < -0.4 is 4.74 Å². The van der Waals surface area contributed by atoms with E-state index in [-0.39, 0.29) is 0 Å². The van der Waals surface area contributed by atoms with Crippen LogP contribution in [0.4, 0.5) is 0 Å². The third-order valence-electron chi connectivity index (χ3n) is 3.80. The quantitative estimate of drug-likeness (QED) is 0.847. The Morgan fingerprint density at radius 3 is 3.00 bits per heavy atom. The lowest BCUT2D eigenvalue weighted by Gasteiger charge is -2.28. The van der Waals surface area contributed by atoms with Gasteiger partial charge in [-0.2, -0.15) is 11.3 Å². The number of benzene rings is 1. The minimum atomic E-state index is 0.977. The van der Waals surface area contributed by atoms with Gasteiger partial charge in [0, 0.05) is 19.6 Å². The van der Waals surface area contributed by atoms with Crippen molar-refractivity contribution in [2.75, 3.05) is 20.2 Å². The Bertz CT molecular complexity index is 536. The molecule has 2 nitrogen and oxygen atoms in total. The molecule has 1 aliphatic rings. The molecule has 0 saturated heterocycles. The minimum absolute atomic E-state index is 0.977. The molecule has 0 N–H and O–H groups in total. The van der Waals surface area contributed by atoms with Crippen molar-refractivity contribution in [3.05, 3.63) is 51.7 Å². The highest BCUT2D eigenvalue weighted by Gasteiger charge is 2.16. The van der Waals surface area contributed by atoms with E-state index in [1.165, 1.54) is 16.7 Å². The third-order valence-corrected chi connectivity index (χ3v) is 4.53. The molecule has 2 heterocycles. The van der Waals surface area contributed by atoms with Crippen molar-refractivity contribution in [2.45, 2.75) is 19.4 Å². The van der Waals surface area contributed by atoms with E-state index in [4.69, 9.17) is 4.74 Å². The van der Waals surface area contributed by atoms with E-state index in [2.05, 4.69) is 39.9 Å². The first-order valence-corrected chi connectivity index (χ1v) is 7.68. The Hall–Kier alpha value is -1.32. The van der Waals surface area contributed by atoms with Gasteiger partial charge in [0.05, 0.1) is 7.11 Å². The number of methoxy groups -OCH3 is 1. The summed E-state index contributed by atoms with van der Waals surface area (Å²) in [5.74, 6) is 0.977. The summed E-state index contributed by atoms with van der Waals surface area (Å²) < 4.78 is 5.29. The van der Waals surface area contributed by atoms with Gasteiger partial charge in [-0.1, -0.05) is 6.07 Å². The summed E-state index contributed by atoms with van der Waals surface area (Å²) in [6, 6.07) is 8.70. The van der Waals surface area contributed by atoms with Crippen molar-refractivity contribution in [1.29, 1.82) is 0 Å². The minimum Gasteiger partial charge on any atom is -0.497 e. The van der Waals surface area contributed by atoms with Crippen LogP contribution in [0.2, 0.25) is 0 Å². The maximum absolute atomic E-state index is 5.29. The SMILES string of the molecule is COc1ccc2c(c1)CCN(CCc1ccsc1)C2. The molecule has 1 aromatic carbocycles. The second-order valence-electron chi connectivity index (χ2n) is 5.04. The summed E-state index contributed by atoms with van der Waals surface area (Å²) in [5.41, 5.74) is 4.37. The van der Waals surface area contributed by atoms with E-state index in [9.17, 15) is 0 Å². The van der Waals surface area contributed by atoms with E-state index in [0.717, 1.165) is 38.2 Å². The number of fused-ring (bicyclic) bond motifs is 1. The van der Waals surface area contributed by atoms with Crippen molar-refractivity contribution in [2.24, 2.45) is 0 Å². The molecule has 3 heteroatoms. The van der Waals surface area contributed by atoms with Crippen LogP contribution in [0.25, 0.3) is 0 Å². The highest BCUT2D eigenvalue weighted by atomic mass is 32.1. The van der Waals surface area contributed by atoms with Crippen molar-refractivity contribution in [3.8, 4) is 5.75 Å². The zero-order chi connectivity index (χ0) is 13.1. The third kappa shape index (κ3) is 2.99. The summed E-state index contributed by atoms with van der Waals surface area (Å²) in [7, 11) is 1.73. The van der Waals surface area contributed by atoms with Crippen molar-refractivity contribution < 1.29 is 4.74 Å². The van der Waals surface area contributed by atoms with Crippen LogP contribution in [-0.4, -0.2) is 25.1 Å². The van der Waals surface area contributed by atoms with Gasteiger partial charge in [0.2, 0.25) is 0 Å². The standard InChI is InChI=1S/C16H19NOS/c1-18-16-3-2-15-11-17(8-5-14(15)10-16)7-4-13-6-9-19-12-13/h2-3,6,9-10,12H,4-5,7-8,11H2,1H3. The fourth-order valence-electron chi connectivity index (χ4n) is 2.63. The van der Waals surface area contributed by atoms with Gasteiger partial charge in [0.1, 0.15) is 5.75 Å². The molecule has 0 spiro atoms. The lowest BCUT2D eigenvalue weighted by Crippen LogP contribution is -2.32. The molecule has 3 rings (SSSR count). The van der Waals surface area contributed by atoms with Gasteiger partial charge in [0.25, 0.3) is 0 Å². The van der Waals surface area contributed by atoms with Gasteiger partial charge in [0.15, 0.2) is 0 Å². The van der Waals surface area contributed by atoms with Gasteiger partial charge in [-0.25, -0.2) is 0 Å². The Morgan fingerprint density at radius 2 is 2.21 bits per heavy atom. The van der Waals surface area contributed by atoms with Crippen molar-refractivity contribution >= 4 is 11.3 Å². The fraction of sp³-hybridized carbons (Fsp3) is 0.375. The molecule has 0 atom stereocenters. The number of thiophene rings is 1. The average Bonchev–Trinajstić information content (AvgIpc) is 2.97. The van der Waals surface area contributed by atoms with E-state index in [0.29, 0.717) is 0 Å². The predicted octanol–water partition coefficient (Wildman–Crippen LogP) is 3.36. The highest BCUT2D eigenvalue weighted by molar-refractivity contribution is 7.07. The van der Waals surface area contributed by atoms with Crippen LogP contribution in [0.3, 0.4) is 0 Å². The Morgan fingerprint density at radius 1 is 1.26 bits per heavy atom. The van der Waals surface area contributed by atoms with Crippen molar-refractivity contribution in [1.82, 2.24) is 4.90 Å². The molecule has 1 aromatic heterocycles. The predicted molar refractivity (Wildman–Crippen MR) is 80.0 cm³/mol. The molecule has 0 unspecified atom stereocenters. The van der Waals surface area contributed by atoms with E-state index in [1.807, 2.05) is 0 Å². The van der Waals surface area contributed by atoms with E-state index >= 15 is 0 Å². The van der Waals surface area contributed by atoms with Crippen LogP contribution in [0.5, 0.6) is 5.75 Å². The highest BCUT2D eigenvalue weighted by Crippen LogP contribution is 2.23. The first kappa shape index (κ1) is 12.7. The van der Waals surface area contributed by atoms with Gasteiger partial charge >= 0.3 is 0 Å². The molecule has 2 aromatic rings. The average molecular weight is 273 g/mol. The van der Waals surface area contributed by atoms with Crippen LogP contribution in [0.15, 0.2) is 35.0 Å². The Labute approximate surface area is 118 Å². The number of nitrogens with zero attached hydrogens (tertiary/aromatic N) is 1. The Balaban J connectivity index is 1.62. The zero-order valence-corrected chi connectivity index (χ0v) is 12.1. The van der Waals surface area contributed by atoms with Gasteiger partial charge in [-0.15, -0.1) is 0 Å². The molecule has 1 aliphatic heterocycles. The second kappa shape index (κ2) is 5.76. The van der Waals surface area contributed by atoms with Gasteiger partial charge < -0.3 is 4.74 Å². The second-order valence-corrected chi connectivity index (χ2v) is 5.82. The molecule has 0 fully saturated rings. The molecule has 0 saturated carbocycles. The summed E-state index contributed by atoms with van der Waals surface area (Å²) in [5, 5.41) is 4.41. The van der Waals surface area contributed by atoms with Crippen molar-refractivity contribution in [3.63, 3.8) is 0 Å². The molecule has 19 heavy (non-hydrogen) atoms. The molecular formula is C16H19NOS. The molecule has 0 amide bonds. The van der Waals surface area contributed by atoms with E-state index < -0.39 is 0 Å². The number of hydrogen-bond acceptors (Lipinski definition) is 3. The van der Waals surface area contributed by atoms with Crippen LogP contribution in [0, 0.1) is 0 Å². The maximum atomic E-state index is 5.29. The smallest absolute Gasteiger partial charge is 0.119 e. The Kier molecular flexibility index (Phi) is 3.85. The van der Waals surface area contributed by atoms with Gasteiger partial charge in [-0.3, -0.25) is 4.90 Å². The summed E-state index contributed by atoms with van der Waals surface area (Å²) >= 11 is 1.79. The lowest BCUT2D eigenvalue weighted by atomic mass is 9.99.